The van der Waals surface area contributed by atoms with Crippen LogP contribution in [0.15, 0.2) is 34.5 Å². The molecule has 7 nitrogen and oxygen atoms in total. The van der Waals surface area contributed by atoms with Crippen LogP contribution in [0.5, 0.6) is 0 Å². The van der Waals surface area contributed by atoms with Crippen molar-refractivity contribution in [3.8, 4) is 0 Å². The lowest BCUT2D eigenvalue weighted by atomic mass is 9.69. The Bertz CT molecular complexity index is 935. The summed E-state index contributed by atoms with van der Waals surface area (Å²) in [6.45, 7) is 5.77. The summed E-state index contributed by atoms with van der Waals surface area (Å²) in [5, 5.41) is 11.6. The first-order valence-corrected chi connectivity index (χ1v) is 10.0. The number of allylic oxidation sites excluding steroid dienone is 1. The Morgan fingerprint density at radius 3 is 2.72 bits per heavy atom. The van der Waals surface area contributed by atoms with Gasteiger partial charge >= 0.3 is 5.97 Å². The molecule has 2 unspecified atom stereocenters. The minimum Gasteiger partial charge on any atom is -0.462 e. The van der Waals surface area contributed by atoms with Crippen LogP contribution in [0, 0.1) is 22.0 Å². The second kappa shape index (κ2) is 8.45. The molecule has 1 heterocycles. The molecule has 0 saturated heterocycles. The lowest BCUT2D eigenvalue weighted by Crippen LogP contribution is -2.39. The Kier molecular flexibility index (Phi) is 6.17. The molecular weight excluding hydrogens is 396 g/mol. The fourth-order valence-corrected chi connectivity index (χ4v) is 4.16. The number of rotatable bonds is 5. The monoisotopic (exact) mass is 418 g/mol. The van der Waals surface area contributed by atoms with Crippen LogP contribution in [0.1, 0.15) is 51.5 Å². The molecule has 0 amide bonds. The van der Waals surface area contributed by atoms with Gasteiger partial charge < -0.3 is 4.74 Å². The lowest BCUT2D eigenvalue weighted by molar-refractivity contribution is -0.384. The number of Topliss-reactive ketones (excluding diaryl/α,β-unsaturated/α-hetero) is 1. The van der Waals surface area contributed by atoms with Crippen LogP contribution in [0.25, 0.3) is 0 Å². The molecule has 0 spiro atoms. The second-order valence-electron chi connectivity index (χ2n) is 7.83. The number of esters is 1. The molecule has 1 aromatic rings. The van der Waals surface area contributed by atoms with E-state index in [0.717, 1.165) is 0 Å². The third kappa shape index (κ3) is 4.24. The molecule has 29 heavy (non-hydrogen) atoms. The van der Waals surface area contributed by atoms with E-state index < -0.39 is 22.7 Å². The van der Waals surface area contributed by atoms with Crippen LogP contribution in [-0.2, 0) is 14.3 Å². The predicted molar refractivity (Wildman–Crippen MR) is 109 cm³/mol. The van der Waals surface area contributed by atoms with E-state index in [-0.39, 0.29) is 34.6 Å². The van der Waals surface area contributed by atoms with E-state index in [2.05, 4.69) is 4.99 Å². The first-order chi connectivity index (χ1) is 13.7. The van der Waals surface area contributed by atoms with Crippen LogP contribution in [0.3, 0.4) is 0 Å². The average Bonchev–Trinajstić information content (AvgIpc) is 2.65. The number of benzene rings is 1. The minimum absolute atomic E-state index is 0.0377. The van der Waals surface area contributed by atoms with Gasteiger partial charge in [0, 0.05) is 40.9 Å². The molecule has 2 aliphatic rings. The first kappa shape index (κ1) is 21.2. The number of carbonyl (C=O) groups is 2. The van der Waals surface area contributed by atoms with Gasteiger partial charge in [-0.3, -0.25) is 19.9 Å². The number of nitro benzene ring substituents is 1. The fourth-order valence-electron chi connectivity index (χ4n) is 3.92. The van der Waals surface area contributed by atoms with Gasteiger partial charge in [0.05, 0.1) is 23.0 Å². The number of carbonyl (C=O) groups excluding carboxylic acids is 2. The maximum Gasteiger partial charge on any atom is 0.336 e. The van der Waals surface area contributed by atoms with Crippen LogP contribution in [0.2, 0.25) is 5.02 Å². The van der Waals surface area contributed by atoms with E-state index in [4.69, 9.17) is 16.3 Å². The van der Waals surface area contributed by atoms with Crippen molar-refractivity contribution < 1.29 is 19.2 Å². The van der Waals surface area contributed by atoms with Gasteiger partial charge in [-0.2, -0.15) is 0 Å². The Hall–Kier alpha value is -2.54. The van der Waals surface area contributed by atoms with Crippen molar-refractivity contribution in [1.82, 2.24) is 0 Å². The molecule has 1 saturated carbocycles. The normalized spacial score (nSPS) is 21.7. The van der Waals surface area contributed by atoms with Gasteiger partial charge in [-0.15, -0.1) is 0 Å². The molecule has 2 atom stereocenters. The van der Waals surface area contributed by atoms with Crippen molar-refractivity contribution in [3.05, 3.63) is 50.2 Å². The van der Waals surface area contributed by atoms with E-state index in [9.17, 15) is 19.7 Å². The molecule has 0 N–H and O–H groups in total. The molecule has 0 radical (unpaired) electrons. The molecular formula is C21H23ClN2O5. The second-order valence-corrected chi connectivity index (χ2v) is 8.24. The highest BCUT2D eigenvalue weighted by molar-refractivity contribution is 6.31. The highest BCUT2D eigenvalue weighted by Gasteiger charge is 2.44. The molecule has 3 rings (SSSR count). The number of ether oxygens (including phenoxy) is 1. The Morgan fingerprint density at radius 2 is 2.07 bits per heavy atom. The number of hydrogen-bond donors (Lipinski definition) is 0. The molecule has 0 aromatic heterocycles. The highest BCUT2D eigenvalue weighted by Crippen LogP contribution is 2.45. The standard InChI is InChI=1S/C21H23ClN2O5/c1-11(2)10-29-21(26)18-12(3)23-16-5-4-6-17(25)20(16)19(18)14-9-13(24(27)28)7-8-15(14)22/h7-9,11,19-20H,4-6,10H2,1-3H3. The van der Waals surface area contributed by atoms with Gasteiger partial charge in [-0.1, -0.05) is 25.4 Å². The van der Waals surface area contributed by atoms with Gasteiger partial charge in [0.15, 0.2) is 0 Å². The van der Waals surface area contributed by atoms with E-state index in [1.54, 1.807) is 6.92 Å². The van der Waals surface area contributed by atoms with E-state index in [1.807, 2.05) is 13.8 Å². The number of hydrogen-bond acceptors (Lipinski definition) is 6. The van der Waals surface area contributed by atoms with Crippen LogP contribution in [0.4, 0.5) is 5.69 Å². The zero-order valence-electron chi connectivity index (χ0n) is 16.6. The number of ketones is 1. The maximum absolute atomic E-state index is 13.0. The molecule has 1 aromatic carbocycles. The van der Waals surface area contributed by atoms with Crippen molar-refractivity contribution in [3.63, 3.8) is 0 Å². The predicted octanol–water partition coefficient (Wildman–Crippen LogP) is 4.63. The number of halogens is 1. The largest absolute Gasteiger partial charge is 0.462 e. The maximum atomic E-state index is 13.0. The van der Waals surface area contributed by atoms with Gasteiger partial charge in [-0.05, 0) is 37.3 Å². The van der Waals surface area contributed by atoms with Crippen molar-refractivity contribution in [2.45, 2.75) is 46.0 Å². The molecule has 8 heteroatoms. The van der Waals surface area contributed by atoms with Crippen molar-refractivity contribution >= 4 is 34.8 Å². The summed E-state index contributed by atoms with van der Waals surface area (Å²) in [7, 11) is 0. The third-order valence-corrected chi connectivity index (χ3v) is 5.54. The van der Waals surface area contributed by atoms with E-state index >= 15 is 0 Å². The zero-order valence-corrected chi connectivity index (χ0v) is 17.4. The van der Waals surface area contributed by atoms with Crippen molar-refractivity contribution in [1.29, 1.82) is 0 Å². The fraction of sp³-hybridized carbons (Fsp3) is 0.476. The Labute approximate surface area is 173 Å². The summed E-state index contributed by atoms with van der Waals surface area (Å²) in [6.07, 6.45) is 1.72. The molecule has 0 bridgehead atoms. The van der Waals surface area contributed by atoms with E-state index in [0.29, 0.717) is 36.2 Å². The van der Waals surface area contributed by atoms with Gasteiger partial charge in [0.25, 0.3) is 5.69 Å². The lowest BCUT2D eigenvalue weighted by Gasteiger charge is -2.35. The van der Waals surface area contributed by atoms with Crippen LogP contribution < -0.4 is 0 Å². The van der Waals surface area contributed by atoms with Crippen LogP contribution >= 0.6 is 11.6 Å². The Morgan fingerprint density at radius 1 is 1.34 bits per heavy atom. The summed E-state index contributed by atoms with van der Waals surface area (Å²) in [5.41, 5.74) is 1.64. The summed E-state index contributed by atoms with van der Waals surface area (Å²) in [4.78, 5) is 41.2. The van der Waals surface area contributed by atoms with Gasteiger partial charge in [0.2, 0.25) is 0 Å². The van der Waals surface area contributed by atoms with Gasteiger partial charge in [-0.25, -0.2) is 4.79 Å². The van der Waals surface area contributed by atoms with Crippen LogP contribution in [-0.4, -0.2) is 29.0 Å². The topological polar surface area (TPSA) is 98.9 Å². The third-order valence-electron chi connectivity index (χ3n) is 5.20. The van der Waals surface area contributed by atoms with E-state index in [1.165, 1.54) is 18.2 Å². The smallest absolute Gasteiger partial charge is 0.336 e. The summed E-state index contributed by atoms with van der Waals surface area (Å²) < 4.78 is 5.44. The quantitative estimate of drug-likeness (QED) is 0.394. The summed E-state index contributed by atoms with van der Waals surface area (Å²) >= 11 is 6.41. The molecule has 1 aliphatic heterocycles. The average molecular weight is 419 g/mol. The van der Waals surface area contributed by atoms with Crippen molar-refractivity contribution in [2.75, 3.05) is 6.61 Å². The zero-order chi connectivity index (χ0) is 21.3. The highest BCUT2D eigenvalue weighted by atomic mass is 35.5. The summed E-state index contributed by atoms with van der Waals surface area (Å²) in [6, 6.07) is 4.08. The van der Waals surface area contributed by atoms with Gasteiger partial charge in [0.1, 0.15) is 5.78 Å². The number of nitro groups is 1. The molecule has 1 aliphatic carbocycles. The first-order valence-electron chi connectivity index (χ1n) is 9.62. The summed E-state index contributed by atoms with van der Waals surface area (Å²) in [5.74, 6) is -1.87. The number of non-ortho nitro benzene ring substituents is 1. The number of aliphatic imine (C=N–C) groups is 1. The minimum atomic E-state index is -0.748. The SMILES string of the molecule is CC1=C(C(=O)OCC(C)C)C(c2cc([N+](=O)[O-])ccc2Cl)C2C(=O)CCCC2=N1. The Balaban J connectivity index is 2.17. The molecule has 154 valence electrons. The number of nitrogens with zero attached hydrogens (tertiary/aromatic N) is 2. The van der Waals surface area contributed by atoms with Crippen molar-refractivity contribution in [2.24, 2.45) is 16.8 Å². The molecule has 1 fully saturated rings. The number of fused-ring (bicyclic) bond motifs is 1.